The second-order valence-electron chi connectivity index (χ2n) is 6.31. The van der Waals surface area contributed by atoms with E-state index in [2.05, 4.69) is 11.8 Å². The first kappa shape index (κ1) is 18.1. The molecule has 0 aromatic heterocycles. The molecule has 0 spiro atoms. The van der Waals surface area contributed by atoms with Crippen molar-refractivity contribution in [3.63, 3.8) is 0 Å². The minimum atomic E-state index is -0.689. The van der Waals surface area contributed by atoms with E-state index >= 15 is 0 Å². The van der Waals surface area contributed by atoms with Gasteiger partial charge in [0.05, 0.1) is 12.0 Å². The lowest BCUT2D eigenvalue weighted by Gasteiger charge is -2.40. The highest BCUT2D eigenvalue weighted by molar-refractivity contribution is 5.94. The van der Waals surface area contributed by atoms with Crippen molar-refractivity contribution in [3.05, 3.63) is 35.4 Å². The highest BCUT2D eigenvalue weighted by atomic mass is 16.5. The van der Waals surface area contributed by atoms with Gasteiger partial charge in [0.1, 0.15) is 0 Å². The molecule has 0 aliphatic carbocycles. The van der Waals surface area contributed by atoms with E-state index in [1.54, 1.807) is 11.8 Å². The topological polar surface area (TPSA) is 46.6 Å². The van der Waals surface area contributed by atoms with Gasteiger partial charge in [0.2, 0.25) is 0 Å². The minimum absolute atomic E-state index is 0.212. The van der Waals surface area contributed by atoms with Gasteiger partial charge in [0.25, 0.3) is 5.91 Å². The predicted octanol–water partition coefficient (Wildman–Crippen LogP) is 2.73. The van der Waals surface area contributed by atoms with Gasteiger partial charge in [-0.1, -0.05) is 30.2 Å². The fraction of sp³-hybridized carbons (Fsp3) is 0.500. The van der Waals surface area contributed by atoms with Crippen LogP contribution in [0.3, 0.4) is 0 Å². The molecule has 1 aliphatic rings. The molecule has 1 saturated heterocycles. The number of amides is 1. The third-order valence-electron chi connectivity index (χ3n) is 4.59. The number of hydrogen-bond donors (Lipinski definition) is 0. The van der Waals surface area contributed by atoms with E-state index in [9.17, 15) is 9.59 Å². The lowest BCUT2D eigenvalue weighted by molar-refractivity contribution is -0.160. The van der Waals surface area contributed by atoms with Crippen molar-refractivity contribution < 1.29 is 14.3 Å². The molecule has 1 aromatic carbocycles. The lowest BCUT2D eigenvalue weighted by atomic mass is 9.74. The van der Waals surface area contributed by atoms with Crippen LogP contribution in [0, 0.1) is 24.2 Å². The summed E-state index contributed by atoms with van der Waals surface area (Å²) in [4.78, 5) is 26.6. The SMILES string of the molecule is CC#CC(=O)N1CCC[C@@](Cc2ccccc2C)(C(=O)OCC)C1. The number of likely N-dealkylation sites (tertiary alicyclic amines) is 1. The molecule has 1 atom stereocenters. The Morgan fingerprint density at radius 1 is 1.33 bits per heavy atom. The molecule has 1 aliphatic heterocycles. The molecular formula is C20H25NO3. The number of aryl methyl sites for hydroxylation is 1. The Morgan fingerprint density at radius 2 is 2.08 bits per heavy atom. The van der Waals surface area contributed by atoms with Crippen LogP contribution >= 0.6 is 0 Å². The number of rotatable bonds is 4. The van der Waals surface area contributed by atoms with Gasteiger partial charge in [0.15, 0.2) is 0 Å². The van der Waals surface area contributed by atoms with Gasteiger partial charge in [0, 0.05) is 13.1 Å². The normalized spacial score (nSPS) is 20.0. The lowest BCUT2D eigenvalue weighted by Crippen LogP contribution is -2.51. The molecule has 1 aromatic rings. The monoisotopic (exact) mass is 327 g/mol. The van der Waals surface area contributed by atoms with E-state index in [1.807, 2.05) is 38.1 Å². The highest BCUT2D eigenvalue weighted by Crippen LogP contribution is 2.36. The molecule has 2 rings (SSSR count). The van der Waals surface area contributed by atoms with Gasteiger partial charge >= 0.3 is 5.97 Å². The summed E-state index contributed by atoms with van der Waals surface area (Å²) in [6.45, 7) is 6.86. The molecule has 1 amide bonds. The molecule has 0 N–H and O–H groups in total. The summed E-state index contributed by atoms with van der Waals surface area (Å²) in [6.07, 6.45) is 2.09. The van der Waals surface area contributed by atoms with Crippen LogP contribution in [0.5, 0.6) is 0 Å². The zero-order valence-corrected chi connectivity index (χ0v) is 14.7. The van der Waals surface area contributed by atoms with Crippen LogP contribution in [0.2, 0.25) is 0 Å². The summed E-state index contributed by atoms with van der Waals surface area (Å²) in [5.74, 6) is 4.81. The van der Waals surface area contributed by atoms with Crippen molar-refractivity contribution in [1.82, 2.24) is 4.90 Å². The van der Waals surface area contributed by atoms with E-state index in [4.69, 9.17) is 4.74 Å². The van der Waals surface area contributed by atoms with E-state index < -0.39 is 5.41 Å². The Morgan fingerprint density at radius 3 is 2.75 bits per heavy atom. The van der Waals surface area contributed by atoms with Crippen molar-refractivity contribution in [2.45, 2.75) is 40.0 Å². The Hall–Kier alpha value is -2.28. The number of benzene rings is 1. The fourth-order valence-electron chi connectivity index (χ4n) is 3.33. The summed E-state index contributed by atoms with van der Waals surface area (Å²) >= 11 is 0. The number of ether oxygens (including phenoxy) is 1. The number of carbonyl (C=O) groups is 2. The Kier molecular flexibility index (Phi) is 6.03. The number of nitrogens with zero attached hydrogens (tertiary/aromatic N) is 1. The molecule has 0 bridgehead atoms. The molecule has 1 heterocycles. The van der Waals surface area contributed by atoms with Crippen molar-refractivity contribution in [2.75, 3.05) is 19.7 Å². The Balaban J connectivity index is 2.32. The van der Waals surface area contributed by atoms with E-state index in [1.165, 1.54) is 0 Å². The van der Waals surface area contributed by atoms with E-state index in [0.29, 0.717) is 26.1 Å². The van der Waals surface area contributed by atoms with Crippen LogP contribution in [0.25, 0.3) is 0 Å². The van der Waals surface area contributed by atoms with Crippen molar-refractivity contribution in [2.24, 2.45) is 5.41 Å². The van der Waals surface area contributed by atoms with Crippen LogP contribution in [-0.4, -0.2) is 36.5 Å². The maximum Gasteiger partial charge on any atom is 0.314 e. The van der Waals surface area contributed by atoms with Gasteiger partial charge < -0.3 is 9.64 Å². The summed E-state index contributed by atoms with van der Waals surface area (Å²) in [7, 11) is 0. The van der Waals surface area contributed by atoms with Gasteiger partial charge in [-0.25, -0.2) is 0 Å². The maximum absolute atomic E-state index is 12.8. The third-order valence-corrected chi connectivity index (χ3v) is 4.59. The first-order chi connectivity index (χ1) is 11.5. The highest BCUT2D eigenvalue weighted by Gasteiger charge is 2.44. The summed E-state index contributed by atoms with van der Waals surface area (Å²) in [6, 6.07) is 8.06. The van der Waals surface area contributed by atoms with Crippen molar-refractivity contribution in [3.8, 4) is 11.8 Å². The van der Waals surface area contributed by atoms with Gasteiger partial charge in [-0.15, -0.1) is 0 Å². The fourth-order valence-corrected chi connectivity index (χ4v) is 3.33. The Labute approximate surface area is 144 Å². The van der Waals surface area contributed by atoms with Gasteiger partial charge in [-0.2, -0.15) is 0 Å². The Bertz CT molecular complexity index is 671. The second kappa shape index (κ2) is 8.01. The number of esters is 1. The standard InChI is InChI=1S/C20H25NO3/c1-4-9-18(22)21-13-8-12-20(15-21,19(23)24-5-2)14-17-11-7-6-10-16(17)3/h6-7,10-11H,5,8,12-15H2,1-3H3/t20-/m0/s1. The summed E-state index contributed by atoms with van der Waals surface area (Å²) in [5.41, 5.74) is 1.59. The molecule has 128 valence electrons. The average molecular weight is 327 g/mol. The number of piperidine rings is 1. The second-order valence-corrected chi connectivity index (χ2v) is 6.31. The number of hydrogen-bond acceptors (Lipinski definition) is 3. The molecule has 24 heavy (non-hydrogen) atoms. The summed E-state index contributed by atoms with van der Waals surface area (Å²) < 4.78 is 5.37. The predicted molar refractivity (Wildman–Crippen MR) is 93.2 cm³/mol. The summed E-state index contributed by atoms with van der Waals surface area (Å²) in [5, 5.41) is 0. The van der Waals surface area contributed by atoms with Crippen molar-refractivity contribution in [1.29, 1.82) is 0 Å². The smallest absolute Gasteiger partial charge is 0.314 e. The van der Waals surface area contributed by atoms with E-state index in [-0.39, 0.29) is 11.9 Å². The molecular weight excluding hydrogens is 302 g/mol. The maximum atomic E-state index is 12.8. The molecule has 0 saturated carbocycles. The molecule has 4 heteroatoms. The average Bonchev–Trinajstić information content (AvgIpc) is 2.57. The molecule has 0 unspecified atom stereocenters. The first-order valence-electron chi connectivity index (χ1n) is 8.46. The molecule has 1 fully saturated rings. The zero-order chi connectivity index (χ0) is 17.6. The third kappa shape index (κ3) is 3.97. The van der Waals surface area contributed by atoms with Gasteiger partial charge in [-0.05, 0) is 57.1 Å². The van der Waals surface area contributed by atoms with Crippen LogP contribution in [0.1, 0.15) is 37.8 Å². The molecule has 4 nitrogen and oxygen atoms in total. The van der Waals surface area contributed by atoms with Crippen LogP contribution < -0.4 is 0 Å². The minimum Gasteiger partial charge on any atom is -0.466 e. The quantitative estimate of drug-likeness (QED) is 0.631. The van der Waals surface area contributed by atoms with E-state index in [0.717, 1.165) is 24.0 Å². The number of carbonyl (C=O) groups excluding carboxylic acids is 2. The van der Waals surface area contributed by atoms with Crippen LogP contribution in [0.15, 0.2) is 24.3 Å². The van der Waals surface area contributed by atoms with Crippen molar-refractivity contribution >= 4 is 11.9 Å². The zero-order valence-electron chi connectivity index (χ0n) is 14.7. The van der Waals surface area contributed by atoms with Crippen LogP contribution in [0.4, 0.5) is 0 Å². The largest absolute Gasteiger partial charge is 0.466 e. The first-order valence-corrected chi connectivity index (χ1v) is 8.46. The van der Waals surface area contributed by atoms with Crippen LogP contribution in [-0.2, 0) is 20.7 Å². The molecule has 0 radical (unpaired) electrons. The van der Waals surface area contributed by atoms with Gasteiger partial charge in [-0.3, -0.25) is 9.59 Å².